The Morgan fingerprint density at radius 1 is 1.25 bits per heavy atom. The van der Waals surface area contributed by atoms with E-state index in [1.807, 2.05) is 24.3 Å². The monoisotopic (exact) mass is 395 g/mol. The standard InChI is InChI=1S/C21H18ClN3O3/c1-25(12-15-6-3-7-28-15)21(27)17-10-16-18(23-24-19(16)11-20(17)26)9-13-4-2-5-14(22)8-13/h2-8,10-11,26H,9,12H2,1H3,(H,23,24). The van der Waals surface area contributed by atoms with E-state index in [-0.39, 0.29) is 17.2 Å². The van der Waals surface area contributed by atoms with Crippen LogP contribution in [0, 0.1) is 0 Å². The van der Waals surface area contributed by atoms with Crippen LogP contribution in [0.5, 0.6) is 5.75 Å². The SMILES string of the molecule is CN(Cc1ccco1)C(=O)c1cc2c(Cc3cccc(Cl)c3)n[nH]c2cc1O. The minimum atomic E-state index is -0.300. The van der Waals surface area contributed by atoms with Gasteiger partial charge in [-0.1, -0.05) is 23.7 Å². The molecule has 0 atom stereocenters. The maximum atomic E-state index is 12.8. The fourth-order valence-electron chi connectivity index (χ4n) is 3.17. The lowest BCUT2D eigenvalue weighted by atomic mass is 10.0. The summed E-state index contributed by atoms with van der Waals surface area (Å²) in [5.41, 5.74) is 2.67. The molecule has 2 aromatic carbocycles. The molecule has 0 fully saturated rings. The third kappa shape index (κ3) is 3.59. The minimum Gasteiger partial charge on any atom is -0.507 e. The molecule has 7 heteroatoms. The van der Waals surface area contributed by atoms with E-state index in [1.54, 1.807) is 31.5 Å². The summed E-state index contributed by atoms with van der Waals surface area (Å²) in [6.45, 7) is 0.310. The zero-order chi connectivity index (χ0) is 19.7. The molecule has 0 saturated heterocycles. The van der Waals surface area contributed by atoms with Crippen molar-refractivity contribution in [3.8, 4) is 5.75 Å². The smallest absolute Gasteiger partial charge is 0.257 e. The highest BCUT2D eigenvalue weighted by Gasteiger charge is 2.20. The molecule has 2 N–H and O–H groups in total. The second kappa shape index (κ2) is 7.40. The number of nitrogens with zero attached hydrogens (tertiary/aromatic N) is 2. The van der Waals surface area contributed by atoms with E-state index < -0.39 is 0 Å². The maximum absolute atomic E-state index is 12.8. The van der Waals surface area contributed by atoms with Crippen molar-refractivity contribution in [1.82, 2.24) is 15.1 Å². The molecule has 4 rings (SSSR count). The van der Waals surface area contributed by atoms with Gasteiger partial charge in [-0.25, -0.2) is 0 Å². The number of nitrogens with one attached hydrogen (secondary N) is 1. The molecule has 0 spiro atoms. The van der Waals surface area contributed by atoms with Crippen molar-refractivity contribution < 1.29 is 14.3 Å². The summed E-state index contributed by atoms with van der Waals surface area (Å²) in [6, 6.07) is 14.3. The number of aromatic hydroxyl groups is 1. The van der Waals surface area contributed by atoms with Crippen LogP contribution >= 0.6 is 11.6 Å². The molecule has 2 aromatic heterocycles. The number of benzene rings is 2. The van der Waals surface area contributed by atoms with Gasteiger partial charge in [-0.05, 0) is 35.9 Å². The minimum absolute atomic E-state index is 0.0956. The maximum Gasteiger partial charge on any atom is 0.257 e. The normalized spacial score (nSPS) is 11.1. The number of aromatic amines is 1. The largest absolute Gasteiger partial charge is 0.507 e. The number of halogens is 1. The fraction of sp³-hybridized carbons (Fsp3) is 0.143. The van der Waals surface area contributed by atoms with E-state index >= 15 is 0 Å². The number of amides is 1. The zero-order valence-corrected chi connectivity index (χ0v) is 15.9. The molecule has 4 aromatic rings. The number of furan rings is 1. The summed E-state index contributed by atoms with van der Waals surface area (Å²) in [5.74, 6) is 0.272. The average molecular weight is 396 g/mol. The number of carbonyl (C=O) groups excluding carboxylic acids is 1. The first-order valence-electron chi connectivity index (χ1n) is 8.73. The van der Waals surface area contributed by atoms with Crippen molar-refractivity contribution >= 4 is 28.4 Å². The van der Waals surface area contributed by atoms with Gasteiger partial charge in [0.15, 0.2) is 0 Å². The summed E-state index contributed by atoms with van der Waals surface area (Å²) >= 11 is 6.06. The molecule has 6 nitrogen and oxygen atoms in total. The molecule has 28 heavy (non-hydrogen) atoms. The predicted molar refractivity (Wildman–Crippen MR) is 107 cm³/mol. The van der Waals surface area contributed by atoms with Crippen LogP contribution in [0.1, 0.15) is 27.4 Å². The lowest BCUT2D eigenvalue weighted by molar-refractivity contribution is 0.0772. The van der Waals surface area contributed by atoms with Gasteiger partial charge in [0.25, 0.3) is 5.91 Å². The number of hydrogen-bond donors (Lipinski definition) is 2. The molecule has 142 valence electrons. The number of carbonyl (C=O) groups is 1. The van der Waals surface area contributed by atoms with Crippen molar-refractivity contribution in [3.63, 3.8) is 0 Å². The number of aromatic nitrogens is 2. The topological polar surface area (TPSA) is 82.4 Å². The van der Waals surface area contributed by atoms with E-state index in [0.717, 1.165) is 16.6 Å². The lowest BCUT2D eigenvalue weighted by Crippen LogP contribution is -2.26. The molecule has 0 aliphatic rings. The Labute approximate surface area is 166 Å². The molecule has 2 heterocycles. The Hall–Kier alpha value is -3.25. The molecule has 0 bridgehead atoms. The predicted octanol–water partition coefficient (Wildman–Crippen LogP) is 4.38. The summed E-state index contributed by atoms with van der Waals surface area (Å²) in [4.78, 5) is 14.3. The summed E-state index contributed by atoms with van der Waals surface area (Å²) < 4.78 is 5.29. The van der Waals surface area contributed by atoms with Gasteiger partial charge in [-0.15, -0.1) is 0 Å². The Bertz CT molecular complexity index is 1140. The van der Waals surface area contributed by atoms with Gasteiger partial charge in [-0.3, -0.25) is 9.89 Å². The van der Waals surface area contributed by atoms with Crippen molar-refractivity contribution in [3.05, 3.63) is 82.4 Å². The van der Waals surface area contributed by atoms with E-state index in [0.29, 0.717) is 29.3 Å². The van der Waals surface area contributed by atoms with Crippen LogP contribution in [-0.2, 0) is 13.0 Å². The van der Waals surface area contributed by atoms with Gasteiger partial charge in [0.05, 0.1) is 29.6 Å². The van der Waals surface area contributed by atoms with Crippen LogP contribution in [0.4, 0.5) is 0 Å². The molecule has 0 saturated carbocycles. The average Bonchev–Trinajstić information content (AvgIpc) is 3.30. The van der Waals surface area contributed by atoms with E-state index in [4.69, 9.17) is 16.0 Å². The van der Waals surface area contributed by atoms with E-state index in [2.05, 4.69) is 10.2 Å². The molecule has 0 aliphatic carbocycles. The van der Waals surface area contributed by atoms with Gasteiger partial charge in [0.2, 0.25) is 0 Å². The van der Waals surface area contributed by atoms with Crippen LogP contribution in [0.25, 0.3) is 10.9 Å². The third-order valence-corrected chi connectivity index (χ3v) is 4.80. The van der Waals surface area contributed by atoms with Gasteiger partial charge >= 0.3 is 0 Å². The van der Waals surface area contributed by atoms with Crippen molar-refractivity contribution in [2.75, 3.05) is 7.05 Å². The Morgan fingerprint density at radius 2 is 2.11 bits per heavy atom. The molecule has 0 unspecified atom stereocenters. The van der Waals surface area contributed by atoms with E-state index in [1.165, 1.54) is 11.0 Å². The molecular weight excluding hydrogens is 378 g/mol. The number of phenolic OH excluding ortho intramolecular Hbond substituents is 1. The summed E-state index contributed by atoms with van der Waals surface area (Å²) in [6.07, 6.45) is 2.12. The zero-order valence-electron chi connectivity index (χ0n) is 15.1. The highest BCUT2D eigenvalue weighted by molar-refractivity contribution is 6.30. The van der Waals surface area contributed by atoms with Crippen LogP contribution < -0.4 is 0 Å². The van der Waals surface area contributed by atoms with Crippen molar-refractivity contribution in [2.45, 2.75) is 13.0 Å². The number of H-pyrrole nitrogens is 1. The van der Waals surface area contributed by atoms with Gasteiger partial charge in [0, 0.05) is 29.9 Å². The second-order valence-electron chi connectivity index (χ2n) is 6.63. The quantitative estimate of drug-likeness (QED) is 0.525. The number of hydrogen-bond acceptors (Lipinski definition) is 4. The molecular formula is C21H18ClN3O3. The molecule has 0 radical (unpaired) electrons. The first-order valence-corrected chi connectivity index (χ1v) is 9.11. The van der Waals surface area contributed by atoms with Crippen molar-refractivity contribution in [1.29, 1.82) is 0 Å². The lowest BCUT2D eigenvalue weighted by Gasteiger charge is -2.16. The van der Waals surface area contributed by atoms with Gasteiger partial charge in [0.1, 0.15) is 11.5 Å². The highest BCUT2D eigenvalue weighted by atomic mass is 35.5. The third-order valence-electron chi connectivity index (χ3n) is 4.57. The van der Waals surface area contributed by atoms with Crippen LogP contribution in [0.15, 0.2) is 59.2 Å². The molecule has 0 aliphatic heterocycles. The van der Waals surface area contributed by atoms with E-state index in [9.17, 15) is 9.90 Å². The Balaban J connectivity index is 1.65. The number of phenols is 1. The summed E-state index contributed by atoms with van der Waals surface area (Å²) in [5, 5.41) is 19.1. The second-order valence-corrected chi connectivity index (χ2v) is 7.07. The Kier molecular flexibility index (Phi) is 4.79. The summed E-state index contributed by atoms with van der Waals surface area (Å²) in [7, 11) is 1.66. The van der Waals surface area contributed by atoms with Gasteiger partial charge in [-0.2, -0.15) is 5.10 Å². The fourth-order valence-corrected chi connectivity index (χ4v) is 3.38. The highest BCUT2D eigenvalue weighted by Crippen LogP contribution is 2.28. The van der Waals surface area contributed by atoms with Crippen LogP contribution in [-0.4, -0.2) is 33.2 Å². The first-order chi connectivity index (χ1) is 13.5. The van der Waals surface area contributed by atoms with Crippen LogP contribution in [0.3, 0.4) is 0 Å². The van der Waals surface area contributed by atoms with Crippen molar-refractivity contribution in [2.24, 2.45) is 0 Å². The first kappa shape index (κ1) is 18.1. The molecule has 1 amide bonds. The number of fused-ring (bicyclic) bond motifs is 1. The van der Waals surface area contributed by atoms with Crippen LogP contribution in [0.2, 0.25) is 5.02 Å². The number of rotatable bonds is 5. The Morgan fingerprint density at radius 3 is 2.86 bits per heavy atom. The van der Waals surface area contributed by atoms with Gasteiger partial charge < -0.3 is 14.4 Å².